The highest BCUT2D eigenvalue weighted by Gasteiger charge is 2.35. The molecule has 0 unspecified atom stereocenters. The lowest BCUT2D eigenvalue weighted by molar-refractivity contribution is -0.149. The van der Waals surface area contributed by atoms with E-state index in [2.05, 4.69) is 0 Å². The maximum atomic E-state index is 12.5. The number of likely N-dealkylation sites (tertiary alicyclic amines) is 1. The summed E-state index contributed by atoms with van der Waals surface area (Å²) in [5.41, 5.74) is 1.38. The number of hydrogen-bond acceptors (Lipinski definition) is 5. The molecule has 1 aliphatic rings. The summed E-state index contributed by atoms with van der Waals surface area (Å²) >= 11 is 1.38. The van der Waals surface area contributed by atoms with Crippen molar-refractivity contribution in [3.8, 4) is 6.07 Å². The predicted molar refractivity (Wildman–Crippen MR) is 89.3 cm³/mol. The number of carbonyl (C=O) groups excluding carboxylic acids is 2. The summed E-state index contributed by atoms with van der Waals surface area (Å²) in [6.45, 7) is 0.718. The molecule has 2 heterocycles. The molecule has 5 nitrogen and oxygen atoms in total. The van der Waals surface area contributed by atoms with Crippen molar-refractivity contribution in [2.45, 2.75) is 25.5 Å². The summed E-state index contributed by atoms with van der Waals surface area (Å²) in [6, 6.07) is 12.0. The number of benzene rings is 1. The first-order chi connectivity index (χ1) is 11.7. The first-order valence-corrected chi connectivity index (χ1v) is 8.57. The number of amides is 1. The minimum absolute atomic E-state index is 0.108. The van der Waals surface area contributed by atoms with Gasteiger partial charge in [-0.3, -0.25) is 4.79 Å². The normalized spacial score (nSPS) is 16.6. The molecule has 0 saturated carbocycles. The number of nitriles is 1. The van der Waals surface area contributed by atoms with Gasteiger partial charge in [0, 0.05) is 6.54 Å². The van der Waals surface area contributed by atoms with Crippen LogP contribution in [0.1, 0.15) is 33.6 Å². The summed E-state index contributed by atoms with van der Waals surface area (Å²) in [5, 5.41) is 10.6. The minimum Gasteiger partial charge on any atom is -0.459 e. The van der Waals surface area contributed by atoms with Crippen LogP contribution in [0.4, 0.5) is 0 Å². The predicted octanol–water partition coefficient (Wildman–Crippen LogP) is 2.97. The third-order valence-corrected chi connectivity index (χ3v) is 4.84. The Labute approximate surface area is 144 Å². The van der Waals surface area contributed by atoms with Crippen molar-refractivity contribution in [2.75, 3.05) is 6.54 Å². The number of ether oxygens (including phenoxy) is 1. The van der Waals surface area contributed by atoms with Crippen molar-refractivity contribution in [1.29, 1.82) is 5.26 Å². The number of rotatable bonds is 4. The van der Waals surface area contributed by atoms with Gasteiger partial charge in [-0.05, 0) is 42.0 Å². The highest BCUT2D eigenvalue weighted by Crippen LogP contribution is 2.23. The SMILES string of the molecule is N#Cc1ccc(COC(=O)[C@H]2CCCN2C(=O)c2cccs2)cc1. The minimum atomic E-state index is -0.516. The average molecular weight is 340 g/mol. The molecule has 1 atom stereocenters. The number of carbonyl (C=O) groups is 2. The van der Waals surface area contributed by atoms with Crippen LogP contribution in [0.15, 0.2) is 41.8 Å². The standard InChI is InChI=1S/C18H16N2O3S/c19-11-13-5-7-14(8-6-13)12-23-18(22)15-3-1-9-20(15)17(21)16-4-2-10-24-16/h2,4-8,10,15H,1,3,9,12H2/t15-/m1/s1. The van der Waals surface area contributed by atoms with Gasteiger partial charge in [-0.1, -0.05) is 18.2 Å². The van der Waals surface area contributed by atoms with Gasteiger partial charge in [-0.15, -0.1) is 11.3 Å². The summed E-state index contributed by atoms with van der Waals surface area (Å²) in [6.07, 6.45) is 1.43. The van der Waals surface area contributed by atoms with E-state index in [4.69, 9.17) is 10.00 Å². The van der Waals surface area contributed by atoms with Crippen LogP contribution in [-0.2, 0) is 16.1 Å². The second kappa shape index (κ2) is 7.28. The highest BCUT2D eigenvalue weighted by atomic mass is 32.1. The number of esters is 1. The Balaban J connectivity index is 1.61. The first kappa shape index (κ1) is 16.2. The Kier molecular flexibility index (Phi) is 4.92. The molecule has 122 valence electrons. The summed E-state index contributed by atoms with van der Waals surface area (Å²) in [5.74, 6) is -0.482. The van der Waals surface area contributed by atoms with Crippen LogP contribution >= 0.6 is 11.3 Å². The molecule has 0 radical (unpaired) electrons. The maximum absolute atomic E-state index is 12.5. The average Bonchev–Trinajstić information content (AvgIpc) is 3.31. The van der Waals surface area contributed by atoms with E-state index in [1.165, 1.54) is 11.3 Å². The lowest BCUT2D eigenvalue weighted by Gasteiger charge is -2.22. The number of hydrogen-bond donors (Lipinski definition) is 0. The molecule has 1 saturated heterocycles. The topological polar surface area (TPSA) is 70.4 Å². The molecule has 0 N–H and O–H groups in total. The van der Waals surface area contributed by atoms with E-state index in [1.54, 1.807) is 35.2 Å². The van der Waals surface area contributed by atoms with Crippen LogP contribution in [0.3, 0.4) is 0 Å². The lowest BCUT2D eigenvalue weighted by Crippen LogP contribution is -2.41. The Morgan fingerprint density at radius 1 is 1.29 bits per heavy atom. The monoisotopic (exact) mass is 340 g/mol. The summed E-state index contributed by atoms with van der Waals surface area (Å²) in [7, 11) is 0. The van der Waals surface area contributed by atoms with Gasteiger partial charge in [0.15, 0.2) is 0 Å². The third-order valence-electron chi connectivity index (χ3n) is 3.98. The smallest absolute Gasteiger partial charge is 0.329 e. The van der Waals surface area contributed by atoms with Gasteiger partial charge in [-0.2, -0.15) is 5.26 Å². The molecule has 0 bridgehead atoms. The van der Waals surface area contributed by atoms with Gasteiger partial charge in [0.25, 0.3) is 5.91 Å². The van der Waals surface area contributed by atoms with E-state index in [0.717, 1.165) is 12.0 Å². The summed E-state index contributed by atoms with van der Waals surface area (Å²) < 4.78 is 5.37. The fourth-order valence-electron chi connectivity index (χ4n) is 2.72. The molecule has 24 heavy (non-hydrogen) atoms. The second-order valence-electron chi connectivity index (χ2n) is 5.55. The highest BCUT2D eigenvalue weighted by molar-refractivity contribution is 7.12. The van der Waals surface area contributed by atoms with E-state index in [9.17, 15) is 9.59 Å². The molecule has 0 spiro atoms. The Hall–Kier alpha value is -2.65. The van der Waals surface area contributed by atoms with E-state index in [0.29, 0.717) is 23.4 Å². The largest absolute Gasteiger partial charge is 0.459 e. The van der Waals surface area contributed by atoms with Crippen LogP contribution in [0.5, 0.6) is 0 Å². The Morgan fingerprint density at radius 3 is 2.75 bits per heavy atom. The summed E-state index contributed by atoms with van der Waals surface area (Å²) in [4.78, 5) is 27.1. The molecule has 1 amide bonds. The van der Waals surface area contributed by atoms with Crippen molar-refractivity contribution in [1.82, 2.24) is 4.90 Å². The molecule has 6 heteroatoms. The van der Waals surface area contributed by atoms with E-state index >= 15 is 0 Å². The van der Waals surface area contributed by atoms with E-state index in [1.807, 2.05) is 17.5 Å². The van der Waals surface area contributed by atoms with E-state index in [-0.39, 0.29) is 18.5 Å². The van der Waals surface area contributed by atoms with E-state index < -0.39 is 6.04 Å². The van der Waals surface area contributed by atoms with Gasteiger partial charge < -0.3 is 9.64 Å². The zero-order chi connectivity index (χ0) is 16.9. The zero-order valence-electron chi connectivity index (χ0n) is 13.0. The fourth-order valence-corrected chi connectivity index (χ4v) is 3.40. The quantitative estimate of drug-likeness (QED) is 0.802. The number of thiophene rings is 1. The molecule has 1 fully saturated rings. The fraction of sp³-hybridized carbons (Fsp3) is 0.278. The van der Waals surface area contributed by atoms with Crippen LogP contribution in [0.2, 0.25) is 0 Å². The van der Waals surface area contributed by atoms with Gasteiger partial charge in [0.2, 0.25) is 0 Å². The van der Waals surface area contributed by atoms with Gasteiger partial charge >= 0.3 is 5.97 Å². The third kappa shape index (κ3) is 3.47. The van der Waals surface area contributed by atoms with Crippen LogP contribution < -0.4 is 0 Å². The maximum Gasteiger partial charge on any atom is 0.329 e. The molecule has 1 aliphatic heterocycles. The molecule has 2 aromatic rings. The number of nitrogens with zero attached hydrogens (tertiary/aromatic N) is 2. The van der Waals surface area contributed by atoms with Crippen LogP contribution in [0, 0.1) is 11.3 Å². The second-order valence-corrected chi connectivity index (χ2v) is 6.50. The first-order valence-electron chi connectivity index (χ1n) is 7.69. The molecule has 3 rings (SSSR count). The molecular weight excluding hydrogens is 324 g/mol. The van der Waals surface area contributed by atoms with Crippen molar-refractivity contribution in [3.63, 3.8) is 0 Å². The molecule has 1 aromatic heterocycles. The zero-order valence-corrected chi connectivity index (χ0v) is 13.8. The van der Waals surface area contributed by atoms with Gasteiger partial charge in [-0.25, -0.2) is 4.79 Å². The van der Waals surface area contributed by atoms with Crippen molar-refractivity contribution < 1.29 is 14.3 Å². The van der Waals surface area contributed by atoms with Crippen molar-refractivity contribution in [2.24, 2.45) is 0 Å². The van der Waals surface area contributed by atoms with Crippen molar-refractivity contribution in [3.05, 3.63) is 57.8 Å². The molecular formula is C18H16N2O3S. The molecule has 1 aromatic carbocycles. The van der Waals surface area contributed by atoms with Crippen molar-refractivity contribution >= 4 is 23.2 Å². The Morgan fingerprint density at radius 2 is 2.08 bits per heavy atom. The van der Waals surface area contributed by atoms with Crippen LogP contribution in [0.25, 0.3) is 0 Å². The molecule has 0 aliphatic carbocycles. The lowest BCUT2D eigenvalue weighted by atomic mass is 10.1. The van der Waals surface area contributed by atoms with Gasteiger partial charge in [0.1, 0.15) is 12.6 Å². The van der Waals surface area contributed by atoms with Crippen LogP contribution in [-0.4, -0.2) is 29.4 Å². The van der Waals surface area contributed by atoms with Gasteiger partial charge in [0.05, 0.1) is 16.5 Å². The Bertz CT molecular complexity index is 763.